The molecule has 0 aromatic heterocycles. The van der Waals surface area contributed by atoms with Gasteiger partial charge in [-0.1, -0.05) is 6.92 Å². The van der Waals surface area contributed by atoms with Gasteiger partial charge in [0, 0.05) is 25.1 Å². The van der Waals surface area contributed by atoms with E-state index in [1.165, 1.54) is 6.42 Å². The molecule has 1 rings (SSSR count). The van der Waals surface area contributed by atoms with E-state index in [2.05, 4.69) is 5.32 Å². The highest BCUT2D eigenvalue weighted by atomic mass is 16.5. The second kappa shape index (κ2) is 5.80. The number of nitrogens with one attached hydrogen (secondary N) is 1. The van der Waals surface area contributed by atoms with E-state index in [0.717, 1.165) is 12.8 Å². The van der Waals surface area contributed by atoms with E-state index in [0.29, 0.717) is 12.6 Å². The molecule has 15 heavy (non-hydrogen) atoms. The first-order valence-corrected chi connectivity index (χ1v) is 5.63. The normalized spacial score (nSPS) is 27.2. The Labute approximate surface area is 91.6 Å². The fourth-order valence-electron chi connectivity index (χ4n) is 1.98. The highest BCUT2D eigenvalue weighted by molar-refractivity contribution is 4.86. The van der Waals surface area contributed by atoms with Crippen LogP contribution in [-0.4, -0.2) is 49.2 Å². The van der Waals surface area contributed by atoms with Crippen LogP contribution in [0, 0.1) is 5.41 Å². The van der Waals surface area contributed by atoms with Crippen LogP contribution in [0.2, 0.25) is 0 Å². The molecule has 1 saturated carbocycles. The lowest BCUT2D eigenvalue weighted by Gasteiger charge is -2.28. The van der Waals surface area contributed by atoms with Crippen molar-refractivity contribution in [2.24, 2.45) is 5.41 Å². The van der Waals surface area contributed by atoms with Gasteiger partial charge >= 0.3 is 0 Å². The number of ether oxygens (including phenoxy) is 1. The van der Waals surface area contributed by atoms with E-state index in [-0.39, 0.29) is 19.3 Å². The van der Waals surface area contributed by atoms with Crippen LogP contribution in [0.5, 0.6) is 0 Å². The van der Waals surface area contributed by atoms with Crippen molar-refractivity contribution in [1.29, 1.82) is 0 Å². The summed E-state index contributed by atoms with van der Waals surface area (Å²) in [6, 6.07) is 0.368. The van der Waals surface area contributed by atoms with Gasteiger partial charge in [-0.15, -0.1) is 0 Å². The molecule has 90 valence electrons. The van der Waals surface area contributed by atoms with Crippen LogP contribution in [0.4, 0.5) is 0 Å². The first-order chi connectivity index (χ1) is 7.15. The van der Waals surface area contributed by atoms with Crippen LogP contribution in [0.15, 0.2) is 0 Å². The Hall–Kier alpha value is -0.160. The summed E-state index contributed by atoms with van der Waals surface area (Å²) in [7, 11) is 1.74. The van der Waals surface area contributed by atoms with Gasteiger partial charge in [-0.25, -0.2) is 0 Å². The first-order valence-electron chi connectivity index (χ1n) is 5.63. The van der Waals surface area contributed by atoms with Crippen LogP contribution < -0.4 is 5.32 Å². The second-order valence-electron chi connectivity index (χ2n) is 4.82. The summed E-state index contributed by atoms with van der Waals surface area (Å²) in [5.41, 5.74) is -0.430. The molecule has 0 aliphatic heterocycles. The number of hydrogen-bond acceptors (Lipinski definition) is 4. The highest BCUT2D eigenvalue weighted by Crippen LogP contribution is 2.22. The summed E-state index contributed by atoms with van der Waals surface area (Å²) in [5, 5.41) is 21.7. The first kappa shape index (κ1) is 12.9. The zero-order chi connectivity index (χ0) is 11.3. The molecule has 0 spiro atoms. The Morgan fingerprint density at radius 2 is 2.00 bits per heavy atom. The summed E-state index contributed by atoms with van der Waals surface area (Å²) < 4.78 is 5.37. The van der Waals surface area contributed by atoms with Crippen molar-refractivity contribution in [3.05, 3.63) is 0 Å². The van der Waals surface area contributed by atoms with Gasteiger partial charge in [0.1, 0.15) is 0 Å². The van der Waals surface area contributed by atoms with Crippen molar-refractivity contribution >= 4 is 0 Å². The molecule has 2 unspecified atom stereocenters. The minimum absolute atomic E-state index is 0.000862. The molecule has 0 bridgehead atoms. The third-order valence-corrected chi connectivity index (χ3v) is 3.31. The maximum Gasteiger partial charge on any atom is 0.0724 e. The van der Waals surface area contributed by atoms with Crippen molar-refractivity contribution in [1.82, 2.24) is 5.32 Å². The number of hydrogen-bond donors (Lipinski definition) is 3. The van der Waals surface area contributed by atoms with E-state index in [1.807, 2.05) is 6.92 Å². The molecule has 1 aliphatic carbocycles. The average molecular weight is 217 g/mol. The molecule has 2 atom stereocenters. The minimum atomic E-state index is -0.430. The van der Waals surface area contributed by atoms with Gasteiger partial charge in [-0.05, 0) is 19.3 Å². The van der Waals surface area contributed by atoms with Crippen molar-refractivity contribution in [2.45, 2.75) is 38.3 Å². The Kier molecular flexibility index (Phi) is 4.99. The summed E-state index contributed by atoms with van der Waals surface area (Å²) >= 11 is 0. The molecule has 4 heteroatoms. The van der Waals surface area contributed by atoms with E-state index in [4.69, 9.17) is 14.9 Å². The van der Waals surface area contributed by atoms with Gasteiger partial charge in [0.2, 0.25) is 0 Å². The Morgan fingerprint density at radius 1 is 1.33 bits per heavy atom. The van der Waals surface area contributed by atoms with Gasteiger partial charge in [0.05, 0.1) is 19.3 Å². The molecule has 0 aromatic carbocycles. The number of aliphatic hydroxyl groups excluding tert-OH is 2. The molecule has 3 N–H and O–H groups in total. The van der Waals surface area contributed by atoms with Crippen molar-refractivity contribution in [3.63, 3.8) is 0 Å². The Morgan fingerprint density at radius 3 is 2.53 bits per heavy atom. The molecule has 0 heterocycles. The quantitative estimate of drug-likeness (QED) is 0.592. The van der Waals surface area contributed by atoms with Gasteiger partial charge in [0.15, 0.2) is 0 Å². The Balaban J connectivity index is 2.35. The molecule has 0 saturated heterocycles. The zero-order valence-electron chi connectivity index (χ0n) is 9.70. The van der Waals surface area contributed by atoms with Gasteiger partial charge < -0.3 is 20.3 Å². The fourth-order valence-corrected chi connectivity index (χ4v) is 1.98. The number of rotatable bonds is 6. The van der Waals surface area contributed by atoms with Crippen LogP contribution >= 0.6 is 0 Å². The number of methoxy groups -OCH3 is 1. The largest absolute Gasteiger partial charge is 0.396 e. The molecule has 1 fully saturated rings. The molecular weight excluding hydrogens is 194 g/mol. The summed E-state index contributed by atoms with van der Waals surface area (Å²) in [6.45, 7) is 2.50. The second-order valence-corrected chi connectivity index (χ2v) is 4.82. The van der Waals surface area contributed by atoms with Crippen LogP contribution in [-0.2, 0) is 4.74 Å². The summed E-state index contributed by atoms with van der Waals surface area (Å²) in [6.07, 6.45) is 3.69. The van der Waals surface area contributed by atoms with Gasteiger partial charge in [-0.2, -0.15) is 0 Å². The third-order valence-electron chi connectivity index (χ3n) is 3.31. The monoisotopic (exact) mass is 217 g/mol. The lowest BCUT2D eigenvalue weighted by Crippen LogP contribution is -2.45. The molecule has 1 aliphatic rings. The third kappa shape index (κ3) is 3.41. The van der Waals surface area contributed by atoms with Gasteiger partial charge in [0.25, 0.3) is 0 Å². The lowest BCUT2D eigenvalue weighted by atomic mass is 9.92. The smallest absolute Gasteiger partial charge is 0.0724 e. The zero-order valence-corrected chi connectivity index (χ0v) is 9.70. The maximum absolute atomic E-state index is 9.15. The lowest BCUT2D eigenvalue weighted by molar-refractivity contribution is 0.0503. The highest BCUT2D eigenvalue weighted by Gasteiger charge is 2.30. The minimum Gasteiger partial charge on any atom is -0.396 e. The van der Waals surface area contributed by atoms with Crippen LogP contribution in [0.25, 0.3) is 0 Å². The summed E-state index contributed by atoms with van der Waals surface area (Å²) in [4.78, 5) is 0. The van der Waals surface area contributed by atoms with Gasteiger partial charge in [-0.3, -0.25) is 0 Å². The standard InChI is InChI=1S/C11H23NO3/c1-11(7-13,8-14)6-12-9-4-3-5-10(9)15-2/h9-10,12-14H,3-8H2,1-2H3. The summed E-state index contributed by atoms with van der Waals surface area (Å²) in [5.74, 6) is 0. The molecule has 4 nitrogen and oxygen atoms in total. The predicted molar refractivity (Wildman–Crippen MR) is 58.7 cm³/mol. The fraction of sp³-hybridized carbons (Fsp3) is 1.00. The van der Waals surface area contributed by atoms with Crippen molar-refractivity contribution in [2.75, 3.05) is 26.9 Å². The SMILES string of the molecule is COC1CCCC1NCC(C)(CO)CO. The number of aliphatic hydroxyl groups is 2. The average Bonchev–Trinajstić information content (AvgIpc) is 2.73. The molecule has 0 radical (unpaired) electrons. The molecular formula is C11H23NO3. The van der Waals surface area contributed by atoms with E-state index in [1.54, 1.807) is 7.11 Å². The molecule has 0 amide bonds. The maximum atomic E-state index is 9.15. The van der Waals surface area contributed by atoms with Crippen molar-refractivity contribution in [3.8, 4) is 0 Å². The topological polar surface area (TPSA) is 61.7 Å². The van der Waals surface area contributed by atoms with Crippen LogP contribution in [0.3, 0.4) is 0 Å². The Bertz CT molecular complexity index is 183. The van der Waals surface area contributed by atoms with E-state index >= 15 is 0 Å². The molecule has 0 aromatic rings. The van der Waals surface area contributed by atoms with Crippen LogP contribution in [0.1, 0.15) is 26.2 Å². The van der Waals surface area contributed by atoms with E-state index < -0.39 is 5.41 Å². The van der Waals surface area contributed by atoms with E-state index in [9.17, 15) is 0 Å². The van der Waals surface area contributed by atoms with Crippen molar-refractivity contribution < 1.29 is 14.9 Å². The predicted octanol–water partition coefficient (Wildman–Crippen LogP) is 0.134.